The van der Waals surface area contributed by atoms with Crippen molar-refractivity contribution in [3.63, 3.8) is 0 Å². The van der Waals surface area contributed by atoms with Gasteiger partial charge in [0.2, 0.25) is 0 Å². The number of halogens is 1. The molecule has 0 atom stereocenters. The molecule has 0 bridgehead atoms. The lowest BCUT2D eigenvalue weighted by Crippen LogP contribution is -1.93. The van der Waals surface area contributed by atoms with Crippen LogP contribution in [0.5, 0.6) is 17.2 Å². The predicted molar refractivity (Wildman–Crippen MR) is 69.5 cm³/mol. The molecular formula is C15H13FO3. The summed E-state index contributed by atoms with van der Waals surface area (Å²) in [6.45, 7) is 2.43. The minimum atomic E-state index is -0.577. The van der Waals surface area contributed by atoms with E-state index in [1.54, 1.807) is 24.3 Å². The Kier molecular flexibility index (Phi) is 4.13. The standard InChI is InChI=1S/C15H13FO3/c1-2-18-12-4-3-5-13(9-12)19-15-7-6-11(10-17)8-14(15)16/h3-10H,2H2,1H3. The smallest absolute Gasteiger partial charge is 0.166 e. The summed E-state index contributed by atoms with van der Waals surface area (Å²) in [5, 5.41) is 0. The van der Waals surface area contributed by atoms with Gasteiger partial charge in [-0.25, -0.2) is 4.39 Å². The summed E-state index contributed by atoms with van der Waals surface area (Å²) in [7, 11) is 0. The van der Waals surface area contributed by atoms with Gasteiger partial charge < -0.3 is 9.47 Å². The molecule has 0 fully saturated rings. The van der Waals surface area contributed by atoms with Gasteiger partial charge in [0.1, 0.15) is 17.8 Å². The number of hydrogen-bond acceptors (Lipinski definition) is 3. The Morgan fingerprint density at radius 3 is 2.63 bits per heavy atom. The van der Waals surface area contributed by atoms with Crippen molar-refractivity contribution in [2.75, 3.05) is 6.61 Å². The fraction of sp³-hybridized carbons (Fsp3) is 0.133. The highest BCUT2D eigenvalue weighted by Crippen LogP contribution is 2.27. The van der Waals surface area contributed by atoms with Crippen LogP contribution in [-0.2, 0) is 0 Å². The van der Waals surface area contributed by atoms with Gasteiger partial charge in [0.05, 0.1) is 6.61 Å². The minimum Gasteiger partial charge on any atom is -0.494 e. The van der Waals surface area contributed by atoms with Crippen molar-refractivity contribution < 1.29 is 18.7 Å². The second kappa shape index (κ2) is 6.00. The van der Waals surface area contributed by atoms with E-state index in [-0.39, 0.29) is 11.3 Å². The third-order valence-electron chi connectivity index (χ3n) is 2.44. The monoisotopic (exact) mass is 260 g/mol. The fourth-order valence-electron chi connectivity index (χ4n) is 1.59. The van der Waals surface area contributed by atoms with Crippen molar-refractivity contribution in [3.8, 4) is 17.2 Å². The topological polar surface area (TPSA) is 35.5 Å². The molecule has 0 aliphatic heterocycles. The van der Waals surface area contributed by atoms with Gasteiger partial charge in [-0.2, -0.15) is 0 Å². The molecule has 3 nitrogen and oxygen atoms in total. The molecule has 19 heavy (non-hydrogen) atoms. The first-order valence-corrected chi connectivity index (χ1v) is 5.88. The van der Waals surface area contributed by atoms with E-state index in [0.29, 0.717) is 24.4 Å². The van der Waals surface area contributed by atoms with Crippen molar-refractivity contribution >= 4 is 6.29 Å². The SMILES string of the molecule is CCOc1cccc(Oc2ccc(C=O)cc2F)c1. The third-order valence-corrected chi connectivity index (χ3v) is 2.44. The molecule has 0 aromatic heterocycles. The molecule has 0 radical (unpaired) electrons. The summed E-state index contributed by atoms with van der Waals surface area (Å²) in [6.07, 6.45) is 0.586. The van der Waals surface area contributed by atoms with E-state index in [4.69, 9.17) is 9.47 Å². The van der Waals surface area contributed by atoms with Crippen LogP contribution in [0.2, 0.25) is 0 Å². The molecular weight excluding hydrogens is 247 g/mol. The molecule has 0 aliphatic carbocycles. The highest BCUT2D eigenvalue weighted by Gasteiger charge is 2.06. The van der Waals surface area contributed by atoms with Crippen LogP contribution < -0.4 is 9.47 Å². The van der Waals surface area contributed by atoms with Crippen molar-refractivity contribution in [1.29, 1.82) is 0 Å². The number of carbonyl (C=O) groups is 1. The molecule has 2 aromatic rings. The zero-order valence-corrected chi connectivity index (χ0v) is 10.4. The van der Waals surface area contributed by atoms with E-state index in [1.807, 2.05) is 6.92 Å². The molecule has 0 aliphatic rings. The van der Waals surface area contributed by atoms with E-state index in [2.05, 4.69) is 0 Å². The third kappa shape index (κ3) is 3.31. The molecule has 0 amide bonds. The lowest BCUT2D eigenvalue weighted by Gasteiger charge is -2.09. The molecule has 4 heteroatoms. The molecule has 2 aromatic carbocycles. The van der Waals surface area contributed by atoms with E-state index < -0.39 is 5.82 Å². The number of hydrogen-bond donors (Lipinski definition) is 0. The first-order valence-electron chi connectivity index (χ1n) is 5.88. The maximum absolute atomic E-state index is 13.7. The van der Waals surface area contributed by atoms with Gasteiger partial charge >= 0.3 is 0 Å². The highest BCUT2D eigenvalue weighted by molar-refractivity contribution is 5.75. The Hall–Kier alpha value is -2.36. The van der Waals surface area contributed by atoms with Crippen molar-refractivity contribution in [2.24, 2.45) is 0 Å². The number of carbonyl (C=O) groups excluding carboxylic acids is 1. The molecule has 98 valence electrons. The number of benzene rings is 2. The zero-order valence-electron chi connectivity index (χ0n) is 10.4. The molecule has 0 saturated carbocycles. The molecule has 0 heterocycles. The van der Waals surface area contributed by atoms with Gasteiger partial charge in [-0.3, -0.25) is 4.79 Å². The highest BCUT2D eigenvalue weighted by atomic mass is 19.1. The van der Waals surface area contributed by atoms with Gasteiger partial charge in [-0.15, -0.1) is 0 Å². The first-order chi connectivity index (χ1) is 9.22. The van der Waals surface area contributed by atoms with Crippen LogP contribution in [0.3, 0.4) is 0 Å². The normalized spacial score (nSPS) is 10.0. The largest absolute Gasteiger partial charge is 0.494 e. The van der Waals surface area contributed by atoms with Crippen LogP contribution in [0.15, 0.2) is 42.5 Å². The van der Waals surface area contributed by atoms with Gasteiger partial charge in [-0.1, -0.05) is 6.07 Å². The van der Waals surface area contributed by atoms with Crippen LogP contribution in [-0.4, -0.2) is 12.9 Å². The van der Waals surface area contributed by atoms with Crippen LogP contribution >= 0.6 is 0 Å². The van der Waals surface area contributed by atoms with Crippen molar-refractivity contribution in [1.82, 2.24) is 0 Å². The number of aldehydes is 1. The van der Waals surface area contributed by atoms with E-state index in [9.17, 15) is 9.18 Å². The van der Waals surface area contributed by atoms with Crippen LogP contribution in [0.4, 0.5) is 4.39 Å². The van der Waals surface area contributed by atoms with Gasteiger partial charge in [0.25, 0.3) is 0 Å². The fourth-order valence-corrected chi connectivity index (χ4v) is 1.59. The number of rotatable bonds is 5. The minimum absolute atomic E-state index is 0.0687. The predicted octanol–water partition coefficient (Wildman–Crippen LogP) is 3.83. The summed E-state index contributed by atoms with van der Waals surface area (Å²) >= 11 is 0. The van der Waals surface area contributed by atoms with Crippen LogP contribution in [0.25, 0.3) is 0 Å². The van der Waals surface area contributed by atoms with E-state index in [0.717, 1.165) is 6.07 Å². The van der Waals surface area contributed by atoms with Crippen molar-refractivity contribution in [3.05, 3.63) is 53.8 Å². The van der Waals surface area contributed by atoms with E-state index >= 15 is 0 Å². The Balaban J connectivity index is 2.20. The second-order valence-corrected chi connectivity index (χ2v) is 3.82. The Morgan fingerprint density at radius 1 is 1.16 bits per heavy atom. The Bertz CT molecular complexity index is 581. The Morgan fingerprint density at radius 2 is 1.95 bits per heavy atom. The number of ether oxygens (including phenoxy) is 2. The zero-order chi connectivity index (χ0) is 13.7. The van der Waals surface area contributed by atoms with Crippen LogP contribution in [0.1, 0.15) is 17.3 Å². The summed E-state index contributed by atoms with van der Waals surface area (Å²) in [4.78, 5) is 10.5. The average molecular weight is 260 g/mol. The quantitative estimate of drug-likeness (QED) is 0.766. The summed E-state index contributed by atoms with van der Waals surface area (Å²) in [6, 6.07) is 11.0. The molecule has 2 rings (SSSR count). The summed E-state index contributed by atoms with van der Waals surface area (Å²) in [5.74, 6) is 0.624. The maximum Gasteiger partial charge on any atom is 0.166 e. The summed E-state index contributed by atoms with van der Waals surface area (Å²) in [5.41, 5.74) is 0.271. The lowest BCUT2D eigenvalue weighted by molar-refractivity contribution is 0.112. The molecule has 0 saturated heterocycles. The molecule has 0 spiro atoms. The van der Waals surface area contributed by atoms with Gasteiger partial charge in [-0.05, 0) is 37.3 Å². The molecule has 0 unspecified atom stereocenters. The summed E-state index contributed by atoms with van der Waals surface area (Å²) < 4.78 is 24.4. The van der Waals surface area contributed by atoms with Crippen molar-refractivity contribution in [2.45, 2.75) is 6.92 Å². The first kappa shape index (κ1) is 13.1. The Labute approximate surface area is 110 Å². The van der Waals surface area contributed by atoms with Gasteiger partial charge in [0, 0.05) is 11.6 Å². The van der Waals surface area contributed by atoms with E-state index in [1.165, 1.54) is 12.1 Å². The van der Waals surface area contributed by atoms with Crippen LogP contribution in [0, 0.1) is 5.82 Å². The second-order valence-electron chi connectivity index (χ2n) is 3.82. The lowest BCUT2D eigenvalue weighted by atomic mass is 10.2. The molecule has 0 N–H and O–H groups in total. The average Bonchev–Trinajstić information content (AvgIpc) is 2.42. The maximum atomic E-state index is 13.7. The van der Waals surface area contributed by atoms with Gasteiger partial charge in [0.15, 0.2) is 11.6 Å².